The zero-order valence-electron chi connectivity index (χ0n) is 11.3. The maximum Gasteiger partial charge on any atom is 0.252 e. The van der Waals surface area contributed by atoms with Gasteiger partial charge in [0.05, 0.1) is 6.10 Å². The van der Waals surface area contributed by atoms with Crippen LogP contribution >= 0.6 is 0 Å². The Bertz CT molecular complexity index is 496. The zero-order valence-corrected chi connectivity index (χ0v) is 11.3. The van der Waals surface area contributed by atoms with Crippen LogP contribution < -0.4 is 10.9 Å². The number of hydrogen-bond donors (Lipinski definition) is 2. The molecular formula is C14H21N3O2. The third kappa shape index (κ3) is 2.97. The van der Waals surface area contributed by atoms with Crippen molar-refractivity contribution in [1.29, 1.82) is 0 Å². The van der Waals surface area contributed by atoms with Gasteiger partial charge in [0.15, 0.2) is 0 Å². The summed E-state index contributed by atoms with van der Waals surface area (Å²) in [6, 6.07) is 1.54. The van der Waals surface area contributed by atoms with E-state index in [1.54, 1.807) is 6.07 Å². The number of rotatable bonds is 5. The molecule has 2 unspecified atom stereocenters. The molecule has 1 saturated heterocycles. The fourth-order valence-electron chi connectivity index (χ4n) is 2.73. The van der Waals surface area contributed by atoms with Crippen molar-refractivity contribution in [3.63, 3.8) is 0 Å². The Morgan fingerprint density at radius 3 is 3.05 bits per heavy atom. The van der Waals surface area contributed by atoms with Crippen molar-refractivity contribution in [2.75, 3.05) is 18.5 Å². The zero-order chi connectivity index (χ0) is 13.2. The van der Waals surface area contributed by atoms with Crippen LogP contribution in [0, 0.1) is 5.92 Å². The first-order valence-corrected chi connectivity index (χ1v) is 7.23. The molecule has 1 aromatic rings. The van der Waals surface area contributed by atoms with Gasteiger partial charge in [0.2, 0.25) is 0 Å². The second-order valence-corrected chi connectivity index (χ2v) is 5.54. The Balaban J connectivity index is 1.64. The van der Waals surface area contributed by atoms with Crippen LogP contribution in [0.4, 0.5) is 5.82 Å². The lowest BCUT2D eigenvalue weighted by Crippen LogP contribution is -2.24. The van der Waals surface area contributed by atoms with Crippen molar-refractivity contribution in [1.82, 2.24) is 9.97 Å². The van der Waals surface area contributed by atoms with E-state index >= 15 is 0 Å². The van der Waals surface area contributed by atoms with E-state index in [0.717, 1.165) is 44.7 Å². The van der Waals surface area contributed by atoms with E-state index in [-0.39, 0.29) is 5.56 Å². The average Bonchev–Trinajstić information content (AvgIpc) is 3.15. The maximum atomic E-state index is 11.6. The summed E-state index contributed by atoms with van der Waals surface area (Å²) in [7, 11) is 0. The van der Waals surface area contributed by atoms with Crippen LogP contribution in [0.1, 0.15) is 44.3 Å². The molecule has 5 heteroatoms. The number of aromatic amines is 1. The third-order valence-corrected chi connectivity index (χ3v) is 4.02. The van der Waals surface area contributed by atoms with E-state index in [1.165, 1.54) is 0 Å². The molecule has 1 aromatic heterocycles. The SMILES string of the molecule is CCC1OCCC1CNc1cc(=O)[nH]c(C2CC2)n1. The molecule has 2 N–H and O–H groups in total. The molecule has 0 aromatic carbocycles. The first-order valence-electron chi connectivity index (χ1n) is 7.23. The van der Waals surface area contributed by atoms with Gasteiger partial charge >= 0.3 is 0 Å². The van der Waals surface area contributed by atoms with Crippen molar-refractivity contribution in [3.8, 4) is 0 Å². The van der Waals surface area contributed by atoms with Gasteiger partial charge in [0, 0.05) is 31.1 Å². The quantitative estimate of drug-likeness (QED) is 0.851. The molecule has 0 amide bonds. The van der Waals surface area contributed by atoms with Crippen LogP contribution in [-0.2, 0) is 4.74 Å². The summed E-state index contributed by atoms with van der Waals surface area (Å²) in [5, 5.41) is 3.30. The highest BCUT2D eigenvalue weighted by Gasteiger charge is 2.28. The minimum Gasteiger partial charge on any atom is -0.378 e. The van der Waals surface area contributed by atoms with Gasteiger partial charge in [-0.15, -0.1) is 0 Å². The Morgan fingerprint density at radius 1 is 1.47 bits per heavy atom. The fourth-order valence-corrected chi connectivity index (χ4v) is 2.73. The maximum absolute atomic E-state index is 11.6. The van der Waals surface area contributed by atoms with Crippen LogP contribution in [0.3, 0.4) is 0 Å². The normalized spacial score (nSPS) is 26.6. The molecular weight excluding hydrogens is 242 g/mol. The van der Waals surface area contributed by atoms with Gasteiger partial charge in [0.25, 0.3) is 5.56 Å². The molecule has 2 fully saturated rings. The molecule has 0 spiro atoms. The van der Waals surface area contributed by atoms with E-state index in [2.05, 4.69) is 22.2 Å². The van der Waals surface area contributed by atoms with Crippen LogP contribution in [-0.4, -0.2) is 29.2 Å². The van der Waals surface area contributed by atoms with Crippen LogP contribution in [0.15, 0.2) is 10.9 Å². The predicted octanol–water partition coefficient (Wildman–Crippen LogP) is 1.87. The first kappa shape index (κ1) is 12.7. The first-order chi connectivity index (χ1) is 9.26. The molecule has 1 aliphatic heterocycles. The van der Waals surface area contributed by atoms with E-state index in [9.17, 15) is 4.79 Å². The fraction of sp³-hybridized carbons (Fsp3) is 0.714. The average molecular weight is 263 g/mol. The largest absolute Gasteiger partial charge is 0.378 e. The topological polar surface area (TPSA) is 67.0 Å². The van der Waals surface area contributed by atoms with Crippen molar-refractivity contribution >= 4 is 5.82 Å². The highest BCUT2D eigenvalue weighted by atomic mass is 16.5. The number of aromatic nitrogens is 2. The van der Waals surface area contributed by atoms with Gasteiger partial charge in [-0.1, -0.05) is 6.92 Å². The molecule has 1 aliphatic carbocycles. The number of nitrogens with zero attached hydrogens (tertiary/aromatic N) is 1. The van der Waals surface area contributed by atoms with Crippen molar-refractivity contribution in [2.45, 2.75) is 44.6 Å². The van der Waals surface area contributed by atoms with Crippen LogP contribution in [0.2, 0.25) is 0 Å². The van der Waals surface area contributed by atoms with Gasteiger partial charge in [0.1, 0.15) is 11.6 Å². The monoisotopic (exact) mass is 263 g/mol. The van der Waals surface area contributed by atoms with Gasteiger partial charge in [-0.3, -0.25) is 4.79 Å². The summed E-state index contributed by atoms with van der Waals surface area (Å²) >= 11 is 0. The minimum atomic E-state index is -0.0610. The number of anilines is 1. The molecule has 5 nitrogen and oxygen atoms in total. The van der Waals surface area contributed by atoms with E-state index in [0.29, 0.717) is 23.8 Å². The predicted molar refractivity (Wildman–Crippen MR) is 73.5 cm³/mol. The standard InChI is InChI=1S/C14H21N3O2/c1-2-11-10(5-6-19-11)8-15-12-7-13(18)17-14(16-12)9-3-4-9/h7,9-11H,2-6,8H2,1H3,(H2,15,16,17,18). The highest BCUT2D eigenvalue weighted by molar-refractivity contribution is 5.34. The lowest BCUT2D eigenvalue weighted by molar-refractivity contribution is 0.0900. The second kappa shape index (κ2) is 5.33. The Labute approximate surface area is 112 Å². The summed E-state index contributed by atoms with van der Waals surface area (Å²) in [6.07, 6.45) is 4.76. The Morgan fingerprint density at radius 2 is 2.32 bits per heavy atom. The van der Waals surface area contributed by atoms with Gasteiger partial charge in [-0.05, 0) is 25.7 Å². The molecule has 2 atom stereocenters. The Hall–Kier alpha value is -1.36. The third-order valence-electron chi connectivity index (χ3n) is 4.02. The smallest absolute Gasteiger partial charge is 0.252 e. The van der Waals surface area contributed by atoms with Gasteiger partial charge in [-0.25, -0.2) is 4.98 Å². The minimum absolute atomic E-state index is 0.0610. The van der Waals surface area contributed by atoms with Crippen molar-refractivity contribution < 1.29 is 4.74 Å². The number of ether oxygens (including phenoxy) is 1. The van der Waals surface area contributed by atoms with Gasteiger partial charge < -0.3 is 15.0 Å². The van der Waals surface area contributed by atoms with Crippen molar-refractivity contribution in [3.05, 3.63) is 22.2 Å². The lowest BCUT2D eigenvalue weighted by atomic mass is 10.00. The van der Waals surface area contributed by atoms with Crippen molar-refractivity contribution in [2.24, 2.45) is 5.92 Å². The summed E-state index contributed by atoms with van der Waals surface area (Å²) in [5.41, 5.74) is -0.0610. The van der Waals surface area contributed by atoms with Crippen LogP contribution in [0.25, 0.3) is 0 Å². The molecule has 0 bridgehead atoms. The molecule has 104 valence electrons. The summed E-state index contributed by atoms with van der Waals surface area (Å²) in [6.45, 7) is 3.83. The number of hydrogen-bond acceptors (Lipinski definition) is 4. The van der Waals surface area contributed by atoms with E-state index < -0.39 is 0 Å². The summed E-state index contributed by atoms with van der Waals surface area (Å²) in [5.74, 6) is 2.53. The summed E-state index contributed by atoms with van der Waals surface area (Å²) in [4.78, 5) is 18.9. The number of nitrogens with one attached hydrogen (secondary N) is 2. The van der Waals surface area contributed by atoms with Gasteiger partial charge in [-0.2, -0.15) is 0 Å². The van der Waals surface area contributed by atoms with E-state index in [4.69, 9.17) is 4.74 Å². The summed E-state index contributed by atoms with van der Waals surface area (Å²) < 4.78 is 5.67. The second-order valence-electron chi connectivity index (χ2n) is 5.54. The molecule has 2 heterocycles. The highest BCUT2D eigenvalue weighted by Crippen LogP contribution is 2.37. The Kier molecular flexibility index (Phi) is 3.55. The number of H-pyrrole nitrogens is 1. The van der Waals surface area contributed by atoms with Crippen LogP contribution in [0.5, 0.6) is 0 Å². The lowest BCUT2D eigenvalue weighted by Gasteiger charge is -2.17. The molecule has 1 saturated carbocycles. The molecule has 3 rings (SSSR count). The molecule has 2 aliphatic rings. The molecule has 19 heavy (non-hydrogen) atoms. The molecule has 0 radical (unpaired) electrons. The van der Waals surface area contributed by atoms with E-state index in [1.807, 2.05) is 0 Å².